The second-order valence-corrected chi connectivity index (χ2v) is 11.9. The molecule has 2 saturated heterocycles. The molecule has 2 aliphatic heterocycles. The molecule has 0 spiro atoms. The first-order valence-electron chi connectivity index (χ1n) is 15.7. The molecule has 9 heteroatoms. The van der Waals surface area contributed by atoms with E-state index in [1.165, 1.54) is 12.8 Å². The maximum absolute atomic E-state index is 13.2. The van der Waals surface area contributed by atoms with Crippen molar-refractivity contribution in [2.75, 3.05) is 32.7 Å². The molecule has 0 unspecified atom stereocenters. The number of amides is 2. The monoisotopic (exact) mass is 589 g/mol. The average Bonchev–Trinajstić information content (AvgIpc) is 3.49. The summed E-state index contributed by atoms with van der Waals surface area (Å²) < 4.78 is 11.1. The largest absolute Gasteiger partial charge is 0.459 e. The van der Waals surface area contributed by atoms with E-state index < -0.39 is 12.1 Å². The van der Waals surface area contributed by atoms with Gasteiger partial charge in [-0.25, -0.2) is 9.59 Å². The fourth-order valence-corrected chi connectivity index (χ4v) is 6.02. The summed E-state index contributed by atoms with van der Waals surface area (Å²) in [4.78, 5) is 57.6. The number of ether oxygens (including phenoxy) is 2. The number of likely N-dealkylation sites (tertiary alicyclic amines) is 2. The number of rotatable bonds is 14. The van der Waals surface area contributed by atoms with Gasteiger partial charge in [0.1, 0.15) is 25.3 Å². The Hall–Kier alpha value is -3.72. The van der Waals surface area contributed by atoms with Gasteiger partial charge >= 0.3 is 11.9 Å². The first kappa shape index (κ1) is 30.7. The molecule has 1 saturated carbocycles. The van der Waals surface area contributed by atoms with E-state index in [0.29, 0.717) is 57.8 Å². The molecule has 0 aromatic heterocycles. The highest BCUT2D eigenvalue weighted by molar-refractivity contribution is 5.86. The van der Waals surface area contributed by atoms with Crippen LogP contribution in [0.5, 0.6) is 0 Å². The van der Waals surface area contributed by atoms with Gasteiger partial charge in [0.2, 0.25) is 11.8 Å². The molecular weight excluding hydrogens is 546 g/mol. The molecule has 2 aromatic rings. The van der Waals surface area contributed by atoms with Gasteiger partial charge in [0.15, 0.2) is 0 Å². The Morgan fingerprint density at radius 2 is 1.09 bits per heavy atom. The summed E-state index contributed by atoms with van der Waals surface area (Å²) in [6, 6.07) is 18.0. The first-order chi connectivity index (χ1) is 21.0. The Labute approximate surface area is 254 Å². The Bertz CT molecular complexity index is 1150. The van der Waals surface area contributed by atoms with Crippen molar-refractivity contribution in [2.45, 2.75) is 76.7 Å². The summed E-state index contributed by atoms with van der Waals surface area (Å²) in [7, 11) is 0. The van der Waals surface area contributed by atoms with E-state index in [0.717, 1.165) is 30.5 Å². The summed E-state index contributed by atoms with van der Waals surface area (Å²) >= 11 is 0. The molecule has 9 nitrogen and oxygen atoms in total. The minimum atomic E-state index is -0.539. The van der Waals surface area contributed by atoms with Crippen molar-refractivity contribution < 1.29 is 28.7 Å². The van der Waals surface area contributed by atoms with Crippen LogP contribution in [0, 0.1) is 5.92 Å². The standard InChI is InChI=1S/C34H43N3O6/c38-31(36-19-7-13-29(36)33(40)42-24-27-9-3-1-4-10-27)17-21-35(23-26-15-16-26)22-18-32(39)37-20-8-14-30(37)34(41)43-25-28-11-5-2-6-12-28/h1-6,9-12,26,29-30H,7-8,13-25H2/t29-,30-/m1/s1. The molecule has 0 bridgehead atoms. The van der Waals surface area contributed by atoms with Gasteiger partial charge in [0, 0.05) is 45.6 Å². The third-order valence-corrected chi connectivity index (χ3v) is 8.64. The van der Waals surface area contributed by atoms with Crippen molar-refractivity contribution in [1.29, 1.82) is 0 Å². The summed E-state index contributed by atoms with van der Waals surface area (Å²) in [5, 5.41) is 0. The predicted molar refractivity (Wildman–Crippen MR) is 160 cm³/mol. The number of nitrogens with zero attached hydrogens (tertiary/aromatic N) is 3. The van der Waals surface area contributed by atoms with Crippen LogP contribution in [0.25, 0.3) is 0 Å². The number of carbonyl (C=O) groups excluding carboxylic acids is 4. The highest BCUT2D eigenvalue weighted by atomic mass is 16.5. The lowest BCUT2D eigenvalue weighted by atomic mass is 10.2. The highest BCUT2D eigenvalue weighted by Gasteiger charge is 2.37. The summed E-state index contributed by atoms with van der Waals surface area (Å²) in [6.07, 6.45) is 5.71. The maximum atomic E-state index is 13.2. The third kappa shape index (κ3) is 8.89. The van der Waals surface area contributed by atoms with Crippen LogP contribution in [0.15, 0.2) is 60.7 Å². The van der Waals surface area contributed by atoms with Crippen LogP contribution in [0.2, 0.25) is 0 Å². The number of hydrogen-bond acceptors (Lipinski definition) is 7. The van der Waals surface area contributed by atoms with Crippen LogP contribution in [0.4, 0.5) is 0 Å². The lowest BCUT2D eigenvalue weighted by Crippen LogP contribution is -2.44. The third-order valence-electron chi connectivity index (χ3n) is 8.64. The second kappa shape index (κ2) is 15.1. The van der Waals surface area contributed by atoms with Crippen LogP contribution in [0.1, 0.15) is 62.5 Å². The lowest BCUT2D eigenvalue weighted by Gasteiger charge is -2.27. The molecule has 0 radical (unpaired) electrons. The van der Waals surface area contributed by atoms with Crippen molar-refractivity contribution in [3.63, 3.8) is 0 Å². The molecule has 2 heterocycles. The minimum Gasteiger partial charge on any atom is -0.459 e. The Morgan fingerprint density at radius 1 is 0.651 bits per heavy atom. The first-order valence-corrected chi connectivity index (χ1v) is 15.7. The normalized spacial score (nSPS) is 19.9. The van der Waals surface area contributed by atoms with Crippen molar-refractivity contribution in [3.05, 3.63) is 71.8 Å². The summed E-state index contributed by atoms with van der Waals surface area (Å²) in [5.41, 5.74) is 1.84. The van der Waals surface area contributed by atoms with Gasteiger partial charge in [-0.15, -0.1) is 0 Å². The van der Waals surface area contributed by atoms with Crippen LogP contribution in [-0.4, -0.2) is 83.3 Å². The zero-order valence-electron chi connectivity index (χ0n) is 24.9. The fraction of sp³-hybridized carbons (Fsp3) is 0.529. The van der Waals surface area contributed by atoms with Gasteiger partial charge in [-0.1, -0.05) is 60.7 Å². The van der Waals surface area contributed by atoms with Crippen LogP contribution < -0.4 is 0 Å². The van der Waals surface area contributed by atoms with Gasteiger partial charge in [-0.2, -0.15) is 0 Å². The van der Waals surface area contributed by atoms with Crippen LogP contribution in [0.3, 0.4) is 0 Å². The lowest BCUT2D eigenvalue weighted by molar-refractivity contribution is -0.154. The van der Waals surface area contributed by atoms with Gasteiger partial charge in [0.25, 0.3) is 0 Å². The van der Waals surface area contributed by atoms with Crippen molar-refractivity contribution in [1.82, 2.24) is 14.7 Å². The second-order valence-electron chi connectivity index (χ2n) is 11.9. The Kier molecular flexibility index (Phi) is 10.8. The van der Waals surface area contributed by atoms with E-state index in [-0.39, 0.29) is 37.0 Å². The molecule has 43 heavy (non-hydrogen) atoms. The van der Waals surface area contributed by atoms with Gasteiger partial charge < -0.3 is 24.2 Å². The molecule has 5 rings (SSSR count). The molecule has 3 aliphatic rings. The molecule has 2 amide bonds. The van der Waals surface area contributed by atoms with Gasteiger partial charge in [0.05, 0.1) is 0 Å². The molecule has 3 fully saturated rings. The van der Waals surface area contributed by atoms with Crippen LogP contribution >= 0.6 is 0 Å². The molecule has 2 aromatic carbocycles. The average molecular weight is 590 g/mol. The minimum absolute atomic E-state index is 0.0490. The van der Waals surface area contributed by atoms with Crippen molar-refractivity contribution in [3.8, 4) is 0 Å². The molecule has 0 N–H and O–H groups in total. The van der Waals surface area contributed by atoms with E-state index in [1.54, 1.807) is 9.80 Å². The van der Waals surface area contributed by atoms with Crippen molar-refractivity contribution >= 4 is 23.8 Å². The molecular formula is C34H43N3O6. The van der Waals surface area contributed by atoms with E-state index in [4.69, 9.17) is 9.47 Å². The molecule has 1 aliphatic carbocycles. The number of hydrogen-bond donors (Lipinski definition) is 0. The van der Waals surface area contributed by atoms with E-state index in [9.17, 15) is 19.2 Å². The smallest absolute Gasteiger partial charge is 0.329 e. The summed E-state index contributed by atoms with van der Waals surface area (Å²) in [6.45, 7) is 3.43. The molecule has 2 atom stereocenters. The van der Waals surface area contributed by atoms with E-state index in [2.05, 4.69) is 4.90 Å². The number of benzene rings is 2. The quantitative estimate of drug-likeness (QED) is 0.308. The van der Waals surface area contributed by atoms with Gasteiger partial charge in [-0.05, 0) is 55.6 Å². The fourth-order valence-electron chi connectivity index (χ4n) is 6.02. The summed E-state index contributed by atoms with van der Waals surface area (Å²) in [5.74, 6) is -0.195. The highest BCUT2D eigenvalue weighted by Crippen LogP contribution is 2.30. The van der Waals surface area contributed by atoms with Gasteiger partial charge in [-0.3, -0.25) is 9.59 Å². The van der Waals surface area contributed by atoms with Crippen LogP contribution in [-0.2, 0) is 41.9 Å². The topological polar surface area (TPSA) is 96.5 Å². The van der Waals surface area contributed by atoms with E-state index >= 15 is 0 Å². The maximum Gasteiger partial charge on any atom is 0.329 e. The van der Waals surface area contributed by atoms with Crippen molar-refractivity contribution in [2.24, 2.45) is 5.92 Å². The van der Waals surface area contributed by atoms with E-state index in [1.807, 2.05) is 60.7 Å². The molecule has 230 valence electrons. The predicted octanol–water partition coefficient (Wildman–Crippen LogP) is 3.95. The Balaban J connectivity index is 1.08. The number of esters is 2. The Morgan fingerprint density at radius 3 is 1.51 bits per heavy atom. The zero-order chi connectivity index (χ0) is 30.0. The zero-order valence-corrected chi connectivity index (χ0v) is 24.9. The number of carbonyl (C=O) groups is 4. The SMILES string of the molecule is O=C(OCc1ccccc1)[C@H]1CCCN1C(=O)CCN(CCC(=O)N1CCC[C@@H]1C(=O)OCc1ccccc1)CC1CC1.